The maximum absolute atomic E-state index is 10.9. The second-order valence-corrected chi connectivity index (χ2v) is 3.62. The van der Waals surface area contributed by atoms with Gasteiger partial charge in [0.1, 0.15) is 11.4 Å². The molecule has 8 heteroatoms. The van der Waals surface area contributed by atoms with Gasteiger partial charge in [-0.05, 0) is 24.3 Å². The van der Waals surface area contributed by atoms with E-state index in [1.54, 1.807) is 0 Å². The predicted octanol–water partition coefficient (Wildman–Crippen LogP) is 1.82. The minimum atomic E-state index is -0.669. The molecule has 2 aromatic carbocycles. The first-order valence-electron chi connectivity index (χ1n) is 4.83. The van der Waals surface area contributed by atoms with E-state index < -0.39 is 9.85 Å². The summed E-state index contributed by atoms with van der Waals surface area (Å²) < 4.78 is 0. The van der Waals surface area contributed by atoms with Crippen LogP contribution in [0.15, 0.2) is 24.3 Å². The first-order valence-corrected chi connectivity index (χ1v) is 4.83. The highest BCUT2D eigenvalue weighted by Crippen LogP contribution is 2.38. The predicted molar refractivity (Wildman–Crippen MR) is 66.1 cm³/mol. The van der Waals surface area contributed by atoms with Crippen LogP contribution in [0.2, 0.25) is 0 Å². The second-order valence-electron chi connectivity index (χ2n) is 3.62. The van der Waals surface area contributed by atoms with Gasteiger partial charge >= 0.3 is 0 Å². The van der Waals surface area contributed by atoms with Gasteiger partial charge in [-0.2, -0.15) is 0 Å². The minimum Gasteiger partial charge on any atom is -0.393 e. The molecule has 0 saturated heterocycles. The van der Waals surface area contributed by atoms with Crippen LogP contribution in [0.4, 0.5) is 22.7 Å². The van der Waals surface area contributed by atoms with Crippen molar-refractivity contribution in [3.8, 4) is 0 Å². The van der Waals surface area contributed by atoms with Crippen molar-refractivity contribution in [1.82, 2.24) is 0 Å². The van der Waals surface area contributed by atoms with E-state index in [0.717, 1.165) is 0 Å². The van der Waals surface area contributed by atoms with Gasteiger partial charge in [0.2, 0.25) is 0 Å². The lowest BCUT2D eigenvalue weighted by Crippen LogP contribution is -2.00. The molecular weight excluding hydrogens is 240 g/mol. The Morgan fingerprint density at radius 3 is 1.39 bits per heavy atom. The highest BCUT2D eigenvalue weighted by Gasteiger charge is 2.23. The Labute approximate surface area is 100 Å². The molecule has 0 bridgehead atoms. The molecule has 0 aliphatic carbocycles. The Hall–Kier alpha value is -2.90. The molecule has 0 heterocycles. The van der Waals surface area contributed by atoms with E-state index in [1.807, 2.05) is 0 Å². The van der Waals surface area contributed by atoms with E-state index in [2.05, 4.69) is 0 Å². The number of nitrogen functional groups attached to an aromatic ring is 2. The van der Waals surface area contributed by atoms with Gasteiger partial charge in [0, 0.05) is 0 Å². The fourth-order valence-corrected chi connectivity index (χ4v) is 1.82. The fourth-order valence-electron chi connectivity index (χ4n) is 1.82. The van der Waals surface area contributed by atoms with E-state index in [1.165, 1.54) is 24.3 Å². The highest BCUT2D eigenvalue weighted by molar-refractivity contribution is 6.03. The van der Waals surface area contributed by atoms with Crippen molar-refractivity contribution >= 4 is 33.5 Å². The Balaban J connectivity index is 2.98. The Morgan fingerprint density at radius 1 is 0.778 bits per heavy atom. The van der Waals surface area contributed by atoms with Crippen molar-refractivity contribution in [3.05, 3.63) is 44.5 Å². The van der Waals surface area contributed by atoms with E-state index in [9.17, 15) is 20.2 Å². The molecule has 92 valence electrons. The first kappa shape index (κ1) is 11.6. The Kier molecular flexibility index (Phi) is 2.47. The number of hydrogen-bond donors (Lipinski definition) is 2. The van der Waals surface area contributed by atoms with Crippen molar-refractivity contribution in [2.45, 2.75) is 0 Å². The SMILES string of the molecule is Nc1ccc2c([N+](=O)[O-])c(N)ccc2c1[N+](=O)[O-]. The van der Waals surface area contributed by atoms with Crippen LogP contribution in [0, 0.1) is 20.2 Å². The molecule has 0 aliphatic rings. The van der Waals surface area contributed by atoms with Crippen molar-refractivity contribution in [2.75, 3.05) is 11.5 Å². The van der Waals surface area contributed by atoms with Gasteiger partial charge in [0.05, 0.1) is 20.6 Å². The lowest BCUT2D eigenvalue weighted by molar-refractivity contribution is -0.383. The molecular formula is C10H8N4O4. The van der Waals surface area contributed by atoms with E-state index in [0.29, 0.717) is 0 Å². The number of nitro benzene ring substituents is 2. The van der Waals surface area contributed by atoms with Crippen molar-refractivity contribution < 1.29 is 9.85 Å². The zero-order chi connectivity index (χ0) is 13.4. The van der Waals surface area contributed by atoms with Crippen LogP contribution in [0.25, 0.3) is 10.8 Å². The quantitative estimate of drug-likeness (QED) is 0.472. The fraction of sp³-hybridized carbons (Fsp3) is 0. The monoisotopic (exact) mass is 248 g/mol. The molecule has 0 aliphatic heterocycles. The van der Waals surface area contributed by atoms with Gasteiger partial charge in [0.15, 0.2) is 0 Å². The summed E-state index contributed by atoms with van der Waals surface area (Å²) in [5.74, 6) is 0. The van der Waals surface area contributed by atoms with Crippen LogP contribution in [0.1, 0.15) is 0 Å². The molecule has 18 heavy (non-hydrogen) atoms. The summed E-state index contributed by atoms with van der Waals surface area (Å²) in [5, 5.41) is 22.0. The van der Waals surface area contributed by atoms with Crippen LogP contribution in [-0.2, 0) is 0 Å². The Morgan fingerprint density at radius 2 is 1.11 bits per heavy atom. The Bertz CT molecular complexity index is 624. The molecule has 4 N–H and O–H groups in total. The number of benzene rings is 2. The average Bonchev–Trinajstić information content (AvgIpc) is 2.27. The minimum absolute atomic E-state index is 0.0495. The zero-order valence-electron chi connectivity index (χ0n) is 8.99. The van der Waals surface area contributed by atoms with Crippen LogP contribution < -0.4 is 11.5 Å². The summed E-state index contributed by atoms with van der Waals surface area (Å²) in [6.45, 7) is 0. The largest absolute Gasteiger partial charge is 0.393 e. The smallest absolute Gasteiger partial charge is 0.300 e. The molecule has 2 aromatic rings. The summed E-state index contributed by atoms with van der Waals surface area (Å²) >= 11 is 0. The lowest BCUT2D eigenvalue weighted by atomic mass is 10.0. The van der Waals surface area contributed by atoms with Gasteiger partial charge in [-0.3, -0.25) is 20.2 Å². The molecule has 8 nitrogen and oxygen atoms in total. The van der Waals surface area contributed by atoms with Crippen LogP contribution >= 0.6 is 0 Å². The van der Waals surface area contributed by atoms with Crippen LogP contribution in [-0.4, -0.2) is 9.85 Å². The maximum Gasteiger partial charge on any atom is 0.300 e. The molecule has 0 atom stereocenters. The summed E-state index contributed by atoms with van der Waals surface area (Å²) in [4.78, 5) is 20.5. The zero-order valence-corrected chi connectivity index (χ0v) is 8.99. The van der Waals surface area contributed by atoms with Crippen molar-refractivity contribution in [3.63, 3.8) is 0 Å². The maximum atomic E-state index is 10.9. The molecule has 0 fully saturated rings. The molecule has 2 rings (SSSR count). The van der Waals surface area contributed by atoms with Crippen molar-refractivity contribution in [2.24, 2.45) is 0 Å². The topological polar surface area (TPSA) is 138 Å². The number of rotatable bonds is 2. The summed E-state index contributed by atoms with van der Waals surface area (Å²) in [6.07, 6.45) is 0. The summed E-state index contributed by atoms with van der Waals surface area (Å²) in [6, 6.07) is 5.22. The normalized spacial score (nSPS) is 10.4. The standard InChI is InChI=1S/C10H8N4O4/c11-7-3-1-5-6(10(7)14(17)18)2-4-8(12)9(5)13(15)16/h1-4H,11-12H2. The van der Waals surface area contributed by atoms with Gasteiger partial charge < -0.3 is 11.5 Å². The summed E-state index contributed by atoms with van der Waals surface area (Å²) in [5.41, 5.74) is 10.2. The molecule has 0 radical (unpaired) electrons. The first-order chi connectivity index (χ1) is 8.43. The molecule has 0 spiro atoms. The third kappa shape index (κ3) is 1.56. The molecule has 0 saturated carbocycles. The van der Waals surface area contributed by atoms with Gasteiger partial charge in [0.25, 0.3) is 11.4 Å². The molecule has 0 amide bonds. The van der Waals surface area contributed by atoms with E-state index in [4.69, 9.17) is 11.5 Å². The third-order valence-electron chi connectivity index (χ3n) is 2.57. The molecule has 0 unspecified atom stereocenters. The molecule has 0 aromatic heterocycles. The number of nitrogens with zero attached hydrogens (tertiary/aromatic N) is 2. The number of hydrogen-bond acceptors (Lipinski definition) is 6. The van der Waals surface area contributed by atoms with Gasteiger partial charge in [-0.15, -0.1) is 0 Å². The van der Waals surface area contributed by atoms with E-state index >= 15 is 0 Å². The lowest BCUT2D eigenvalue weighted by Gasteiger charge is -2.05. The van der Waals surface area contributed by atoms with Gasteiger partial charge in [-0.25, -0.2) is 0 Å². The van der Waals surface area contributed by atoms with E-state index in [-0.39, 0.29) is 33.5 Å². The number of fused-ring (bicyclic) bond motifs is 1. The van der Waals surface area contributed by atoms with Gasteiger partial charge in [-0.1, -0.05) is 0 Å². The third-order valence-corrected chi connectivity index (χ3v) is 2.57. The average molecular weight is 248 g/mol. The highest BCUT2D eigenvalue weighted by atomic mass is 16.6. The number of anilines is 2. The van der Waals surface area contributed by atoms with Crippen molar-refractivity contribution in [1.29, 1.82) is 0 Å². The second kappa shape index (κ2) is 3.84. The number of nitrogens with two attached hydrogens (primary N) is 2. The van der Waals surface area contributed by atoms with Crippen LogP contribution in [0.5, 0.6) is 0 Å². The number of nitro groups is 2. The van der Waals surface area contributed by atoms with Crippen LogP contribution in [0.3, 0.4) is 0 Å². The summed E-state index contributed by atoms with van der Waals surface area (Å²) in [7, 11) is 0.